The number of ether oxygens (including phenoxy) is 12. The van der Waals surface area contributed by atoms with Gasteiger partial charge in [0.1, 0.15) is 68.2 Å². The summed E-state index contributed by atoms with van der Waals surface area (Å²) in [6.07, 6.45) is 19.6. The van der Waals surface area contributed by atoms with Crippen LogP contribution in [-0.4, -0.2) is 77.5 Å². The van der Waals surface area contributed by atoms with Gasteiger partial charge in [0.2, 0.25) is 27.2 Å². The van der Waals surface area contributed by atoms with E-state index >= 15 is 0 Å². The molecule has 0 saturated carbocycles. The van der Waals surface area contributed by atoms with Crippen molar-refractivity contribution in [1.82, 2.24) is 0 Å². The standard InChI is InChI=1S/C76H80N4O16.4BrH/c1-49(81)85-33-17-21-53-57-37-59-54(22-18-34-86-50(2)82)61-39-63-56(24-20-36-88-52(4)84)64-40-62-55(23-19-35-87-51(3)83)60-38-58(53)70-66(42-78-27-11-6-12-28-78)72(60)92-47-94-74(62)68(44-80-31-15-8-16-32-80)76(64)96-48-95-75(63)67(43-79-29-13-7-14-30-79)73(61)93-46-91-71(59)65(69(57)89-45-90-70)41-77-25-9-5-10-26-77;;;;/h5-16,25-32,37-40,53-56H,17-24,33-36,41-48H2,1-4H3;4*1H/q+4;;;;/p-4. The summed E-state index contributed by atoms with van der Waals surface area (Å²) in [7, 11) is 0. The molecule has 0 atom stereocenters. The zero-order valence-corrected chi connectivity index (χ0v) is 62.5. The number of nitrogens with zero attached hydrogens (tertiary/aromatic N) is 4. The molecule has 5 aliphatic rings. The first kappa shape index (κ1) is 75.9. The van der Waals surface area contributed by atoms with Crippen molar-refractivity contribution in [3.05, 3.63) is 213 Å². The highest BCUT2D eigenvalue weighted by Crippen LogP contribution is 2.58. The van der Waals surface area contributed by atoms with E-state index in [1.807, 2.05) is 122 Å². The van der Waals surface area contributed by atoms with Gasteiger partial charge in [0.25, 0.3) is 0 Å². The van der Waals surface area contributed by atoms with Gasteiger partial charge in [-0.15, -0.1) is 0 Å². The molecule has 0 radical (unpaired) electrons. The van der Waals surface area contributed by atoms with E-state index in [-0.39, 0.29) is 145 Å². The van der Waals surface area contributed by atoms with Crippen molar-refractivity contribution in [3.63, 3.8) is 0 Å². The van der Waals surface area contributed by atoms with Gasteiger partial charge in [-0.05, 0) is 75.6 Å². The summed E-state index contributed by atoms with van der Waals surface area (Å²) in [5.41, 5.74) is 9.75. The summed E-state index contributed by atoms with van der Waals surface area (Å²) in [6, 6.07) is 32.7. The molecule has 4 aromatic carbocycles. The van der Waals surface area contributed by atoms with E-state index in [4.69, 9.17) is 56.8 Å². The zero-order valence-electron chi connectivity index (χ0n) is 56.1. The summed E-state index contributed by atoms with van der Waals surface area (Å²) >= 11 is 0. The molecule has 100 heavy (non-hydrogen) atoms. The maximum atomic E-state index is 12.7. The van der Waals surface area contributed by atoms with Crippen LogP contribution in [-0.2, 0) is 64.3 Å². The molecule has 8 heterocycles. The number of pyridine rings is 4. The van der Waals surface area contributed by atoms with E-state index in [2.05, 4.69) is 42.5 Å². The third kappa shape index (κ3) is 17.0. The van der Waals surface area contributed by atoms with Gasteiger partial charge in [0, 0.05) is 144 Å². The van der Waals surface area contributed by atoms with Crippen molar-refractivity contribution >= 4 is 23.9 Å². The Kier molecular flexibility index (Phi) is 26.8. The third-order valence-corrected chi connectivity index (χ3v) is 18.4. The van der Waals surface area contributed by atoms with Crippen molar-refractivity contribution in [1.29, 1.82) is 0 Å². The van der Waals surface area contributed by atoms with Crippen molar-refractivity contribution in [3.8, 4) is 46.0 Å². The molecule has 0 spiro atoms. The Bertz CT molecular complexity index is 3530. The molecule has 24 heteroatoms. The van der Waals surface area contributed by atoms with E-state index in [9.17, 15) is 19.2 Å². The van der Waals surface area contributed by atoms with Crippen LogP contribution in [0.15, 0.2) is 147 Å². The van der Waals surface area contributed by atoms with Gasteiger partial charge in [-0.2, -0.15) is 0 Å². The molecule has 0 amide bonds. The Morgan fingerprint density at radius 2 is 0.470 bits per heavy atom. The quantitative estimate of drug-likeness (QED) is 0.0284. The lowest BCUT2D eigenvalue weighted by Crippen LogP contribution is -3.00. The van der Waals surface area contributed by atoms with Crippen LogP contribution in [0.25, 0.3) is 0 Å². The lowest BCUT2D eigenvalue weighted by atomic mass is 9.74. The topological polar surface area (TPSA) is 195 Å². The number of carbonyl (C=O) groups is 4. The SMILES string of the molecule is CC(=O)OCCCC1c2cc3c4c(C[n+]5ccccc5)c2OCOc2c1cc1c(c2C[n+]2ccccc2)OCOc2c(cc5c(c2C[n+]2ccccc2)OCOc2c(cc(c(c2C[n+]2ccccc2)OCO4)C3CCCOC(C)=O)C5CCCOC(C)=O)C1CCCOC(C)=O.[Br-].[Br-].[Br-].[Br-]. The average molecular weight is 1630 g/mol. The molecule has 0 saturated heterocycles. The summed E-state index contributed by atoms with van der Waals surface area (Å²) < 4.78 is 89.1. The second-order valence-electron chi connectivity index (χ2n) is 24.7. The maximum absolute atomic E-state index is 12.7. The third-order valence-electron chi connectivity index (χ3n) is 18.4. The molecule has 8 bridgehead atoms. The van der Waals surface area contributed by atoms with E-state index in [1.54, 1.807) is 0 Å². The largest absolute Gasteiger partial charge is 1.00 e. The van der Waals surface area contributed by atoms with Crippen LogP contribution in [0.4, 0.5) is 0 Å². The number of benzene rings is 4. The van der Waals surface area contributed by atoms with Crippen molar-refractivity contribution < 1.29 is 162 Å². The minimum absolute atomic E-state index is 0. The number of carbonyl (C=O) groups excluding carboxylic acids is 4. The first-order chi connectivity index (χ1) is 46.9. The Morgan fingerprint density at radius 1 is 0.300 bits per heavy atom. The first-order valence-electron chi connectivity index (χ1n) is 33.1. The molecule has 4 aromatic heterocycles. The Hall–Kier alpha value is -8.32. The number of hydrogen-bond donors (Lipinski definition) is 0. The van der Waals surface area contributed by atoms with Crippen LogP contribution < -0.4 is 124 Å². The molecule has 13 rings (SSSR count). The summed E-state index contributed by atoms with van der Waals surface area (Å²) in [4.78, 5) is 50.7. The Balaban J connectivity index is 0.00000292. The van der Waals surface area contributed by atoms with E-state index in [1.165, 1.54) is 27.7 Å². The second-order valence-corrected chi connectivity index (χ2v) is 24.7. The normalized spacial score (nSPS) is 16.0. The van der Waals surface area contributed by atoms with E-state index in [0.29, 0.717) is 124 Å². The zero-order chi connectivity index (χ0) is 66.1. The lowest BCUT2D eigenvalue weighted by molar-refractivity contribution is -0.688. The fourth-order valence-electron chi connectivity index (χ4n) is 14.4. The monoisotopic (exact) mass is 1620 g/mol. The second kappa shape index (κ2) is 35.3. The molecule has 8 aromatic rings. The minimum atomic E-state index is -0.529. The summed E-state index contributed by atoms with van der Waals surface area (Å²) in [6.45, 7) is 6.56. The van der Waals surface area contributed by atoms with Gasteiger partial charge >= 0.3 is 23.9 Å². The number of rotatable bonds is 24. The highest BCUT2D eigenvalue weighted by atomic mass is 79.9. The van der Waals surface area contributed by atoms with Gasteiger partial charge in [-0.1, -0.05) is 24.3 Å². The van der Waals surface area contributed by atoms with Crippen LogP contribution in [0.2, 0.25) is 0 Å². The molecular weight excluding hydrogens is 1540 g/mol. The molecular formula is C76H80Br4N4O16. The molecule has 20 nitrogen and oxygen atoms in total. The number of esters is 4. The molecule has 528 valence electrons. The highest BCUT2D eigenvalue weighted by Gasteiger charge is 2.43. The van der Waals surface area contributed by atoms with Crippen molar-refractivity contribution in [2.75, 3.05) is 53.6 Å². The predicted molar refractivity (Wildman–Crippen MR) is 344 cm³/mol. The van der Waals surface area contributed by atoms with Crippen molar-refractivity contribution in [2.24, 2.45) is 0 Å². The molecule has 0 unspecified atom stereocenters. The molecule has 0 N–H and O–H groups in total. The van der Waals surface area contributed by atoms with Gasteiger partial charge in [-0.25, -0.2) is 18.3 Å². The Morgan fingerprint density at radius 3 is 0.630 bits per heavy atom. The minimum Gasteiger partial charge on any atom is -1.00 e. The van der Waals surface area contributed by atoms with Crippen LogP contribution in [0.1, 0.15) is 169 Å². The van der Waals surface area contributed by atoms with Gasteiger partial charge < -0.3 is 125 Å². The van der Waals surface area contributed by atoms with E-state index < -0.39 is 23.7 Å². The highest BCUT2D eigenvalue weighted by molar-refractivity contribution is 5.71. The smallest absolute Gasteiger partial charge is 0.302 e. The maximum Gasteiger partial charge on any atom is 0.302 e. The molecule has 1 aliphatic carbocycles. The number of hydrogen-bond acceptors (Lipinski definition) is 16. The Labute approximate surface area is 623 Å². The summed E-state index contributed by atoms with van der Waals surface area (Å²) in [5, 5.41) is 0. The molecule has 0 fully saturated rings. The van der Waals surface area contributed by atoms with E-state index in [0.717, 1.165) is 66.8 Å². The van der Waals surface area contributed by atoms with Crippen molar-refractivity contribution in [2.45, 2.75) is 129 Å². The lowest BCUT2D eigenvalue weighted by Gasteiger charge is -2.37. The predicted octanol–water partition coefficient (Wildman–Crippen LogP) is -1.83. The number of aromatic nitrogens is 4. The van der Waals surface area contributed by atoms with Gasteiger partial charge in [0.15, 0.2) is 75.8 Å². The summed E-state index contributed by atoms with van der Waals surface area (Å²) in [5.74, 6) is 0.836. The van der Waals surface area contributed by atoms with Gasteiger partial charge in [-0.3, -0.25) is 19.2 Å². The fraction of sp³-hybridized carbons (Fsp3) is 0.368. The fourth-order valence-corrected chi connectivity index (χ4v) is 14.4. The molecule has 4 aliphatic heterocycles. The van der Waals surface area contributed by atoms with Crippen LogP contribution in [0.3, 0.4) is 0 Å². The number of halogens is 4. The van der Waals surface area contributed by atoms with Crippen LogP contribution in [0.5, 0.6) is 46.0 Å². The van der Waals surface area contributed by atoms with Crippen LogP contribution >= 0.6 is 0 Å². The average Bonchev–Trinajstić information content (AvgIpc) is 0.725. The van der Waals surface area contributed by atoms with Gasteiger partial charge in [0.05, 0.1) is 26.4 Å². The van der Waals surface area contributed by atoms with Crippen LogP contribution in [0, 0.1) is 0 Å². The first-order valence-corrected chi connectivity index (χ1v) is 33.1.